The van der Waals surface area contributed by atoms with Crippen LogP contribution in [0.3, 0.4) is 0 Å². The number of carbonyl (C=O) groups is 4. The number of rotatable bonds is 13. The third-order valence-corrected chi connectivity index (χ3v) is 5.69. The molecule has 5 unspecified atom stereocenters. The molecule has 2 rings (SSSR count). The van der Waals surface area contributed by atoms with Crippen LogP contribution in [0.5, 0.6) is 0 Å². The van der Waals surface area contributed by atoms with Crippen LogP contribution in [0.1, 0.15) is 32.8 Å². The fourth-order valence-corrected chi connectivity index (χ4v) is 3.65. The summed E-state index contributed by atoms with van der Waals surface area (Å²) in [6.07, 6.45) is 0.779. The minimum Gasteiger partial charge on any atom is -0.480 e. The molecule has 1 aromatic heterocycles. The Morgan fingerprint density at radius 2 is 1.53 bits per heavy atom. The fourth-order valence-electron chi connectivity index (χ4n) is 3.65. The molecule has 12 nitrogen and oxygen atoms in total. The van der Waals surface area contributed by atoms with Gasteiger partial charge in [-0.1, -0.05) is 32.0 Å². The van der Waals surface area contributed by atoms with E-state index < -0.39 is 60.6 Å². The Morgan fingerprint density at radius 3 is 2.11 bits per heavy atom. The standard InChI is InChI=1S/C24H35N5O7/c1-12(2)8-17(28-23(34)20(25)13(3)31)21(32)27-18(22(33)29-19(11-30)24(35)36)9-14-10-26-16-7-5-4-6-15(14)16/h4-7,10,12-13,17-20,26,30-31H,8-9,11,25H2,1-3H3,(H,27,32)(H,28,34)(H,29,33)(H,35,36). The van der Waals surface area contributed by atoms with Gasteiger partial charge in [0.1, 0.15) is 24.2 Å². The van der Waals surface area contributed by atoms with Crippen LogP contribution in [-0.4, -0.2) is 80.9 Å². The lowest BCUT2D eigenvalue weighted by Gasteiger charge is -2.26. The molecule has 1 aromatic carbocycles. The maximum atomic E-state index is 13.2. The van der Waals surface area contributed by atoms with Crippen LogP contribution >= 0.6 is 0 Å². The van der Waals surface area contributed by atoms with Gasteiger partial charge in [-0.05, 0) is 30.9 Å². The van der Waals surface area contributed by atoms with Gasteiger partial charge in [-0.25, -0.2) is 4.79 Å². The van der Waals surface area contributed by atoms with Gasteiger partial charge in [-0.2, -0.15) is 0 Å². The molecule has 36 heavy (non-hydrogen) atoms. The molecule has 198 valence electrons. The van der Waals surface area contributed by atoms with E-state index in [9.17, 15) is 34.5 Å². The van der Waals surface area contributed by atoms with E-state index in [1.807, 2.05) is 38.1 Å². The van der Waals surface area contributed by atoms with E-state index in [1.54, 1.807) is 6.20 Å². The smallest absolute Gasteiger partial charge is 0.328 e. The highest BCUT2D eigenvalue weighted by Crippen LogP contribution is 2.19. The average Bonchev–Trinajstić information content (AvgIpc) is 3.23. The highest BCUT2D eigenvalue weighted by atomic mass is 16.4. The number of amides is 3. The lowest BCUT2D eigenvalue weighted by molar-refractivity contribution is -0.143. The number of aliphatic carboxylic acids is 1. The first-order valence-electron chi connectivity index (χ1n) is 11.7. The highest BCUT2D eigenvalue weighted by Gasteiger charge is 2.31. The largest absolute Gasteiger partial charge is 0.480 e. The van der Waals surface area contributed by atoms with Crippen LogP contribution in [-0.2, 0) is 25.6 Å². The predicted octanol–water partition coefficient (Wildman–Crippen LogP) is -1.00. The van der Waals surface area contributed by atoms with Crippen molar-refractivity contribution in [3.05, 3.63) is 36.0 Å². The van der Waals surface area contributed by atoms with Gasteiger partial charge >= 0.3 is 5.97 Å². The van der Waals surface area contributed by atoms with Crippen molar-refractivity contribution < 1.29 is 34.5 Å². The second kappa shape index (κ2) is 13.0. The number of nitrogens with two attached hydrogens (primary N) is 1. The Morgan fingerprint density at radius 1 is 0.944 bits per heavy atom. The monoisotopic (exact) mass is 505 g/mol. The number of nitrogens with one attached hydrogen (secondary N) is 4. The summed E-state index contributed by atoms with van der Waals surface area (Å²) in [5.41, 5.74) is 7.20. The van der Waals surface area contributed by atoms with E-state index in [1.165, 1.54) is 6.92 Å². The molecule has 1 heterocycles. The van der Waals surface area contributed by atoms with Crippen molar-refractivity contribution in [3.8, 4) is 0 Å². The summed E-state index contributed by atoms with van der Waals surface area (Å²) >= 11 is 0. The maximum Gasteiger partial charge on any atom is 0.328 e. The number of hydrogen-bond acceptors (Lipinski definition) is 7. The molecule has 0 aliphatic carbocycles. The quantitative estimate of drug-likeness (QED) is 0.169. The van der Waals surface area contributed by atoms with Gasteiger partial charge in [0, 0.05) is 23.5 Å². The zero-order valence-electron chi connectivity index (χ0n) is 20.5. The van der Waals surface area contributed by atoms with Gasteiger partial charge in [0.05, 0.1) is 12.7 Å². The SMILES string of the molecule is CC(C)CC(NC(=O)C(N)C(C)O)C(=O)NC(Cc1c[nH]c2ccccc12)C(=O)NC(CO)C(=O)O. The summed E-state index contributed by atoms with van der Waals surface area (Å²) < 4.78 is 0. The molecular formula is C24H35N5O7. The number of aromatic nitrogens is 1. The number of aromatic amines is 1. The van der Waals surface area contributed by atoms with Gasteiger partial charge in [0.25, 0.3) is 0 Å². The summed E-state index contributed by atoms with van der Waals surface area (Å²) in [4.78, 5) is 53.1. The zero-order valence-corrected chi connectivity index (χ0v) is 20.5. The summed E-state index contributed by atoms with van der Waals surface area (Å²) in [7, 11) is 0. The summed E-state index contributed by atoms with van der Waals surface area (Å²) in [5.74, 6) is -3.67. The first-order chi connectivity index (χ1) is 16.9. The fraction of sp³-hybridized carbons (Fsp3) is 0.500. The van der Waals surface area contributed by atoms with Crippen molar-refractivity contribution >= 4 is 34.6 Å². The molecule has 3 amide bonds. The molecular weight excluding hydrogens is 470 g/mol. The topological polar surface area (TPSA) is 207 Å². The van der Waals surface area contributed by atoms with Crippen molar-refractivity contribution in [2.24, 2.45) is 11.7 Å². The number of carboxylic acid groups (broad SMARTS) is 1. The first-order valence-corrected chi connectivity index (χ1v) is 11.7. The maximum absolute atomic E-state index is 13.2. The van der Waals surface area contributed by atoms with E-state index in [4.69, 9.17) is 5.73 Å². The van der Waals surface area contributed by atoms with Crippen molar-refractivity contribution in [2.75, 3.05) is 6.61 Å². The molecule has 0 spiro atoms. The minimum absolute atomic E-state index is 0.00882. The second-order valence-corrected chi connectivity index (χ2v) is 9.16. The van der Waals surface area contributed by atoms with Crippen LogP contribution < -0.4 is 21.7 Å². The minimum atomic E-state index is -1.56. The Hall–Kier alpha value is -3.48. The molecule has 0 saturated carbocycles. The Kier molecular flexibility index (Phi) is 10.4. The van der Waals surface area contributed by atoms with E-state index in [2.05, 4.69) is 20.9 Å². The number of aliphatic hydroxyl groups is 2. The zero-order chi connectivity index (χ0) is 27.0. The van der Waals surface area contributed by atoms with E-state index in [0.29, 0.717) is 5.56 Å². The highest BCUT2D eigenvalue weighted by molar-refractivity contribution is 5.95. The molecule has 0 aliphatic rings. The molecule has 0 radical (unpaired) electrons. The number of aliphatic hydroxyl groups excluding tert-OH is 2. The van der Waals surface area contributed by atoms with Crippen LogP contribution in [0.2, 0.25) is 0 Å². The van der Waals surface area contributed by atoms with Crippen LogP contribution in [0, 0.1) is 5.92 Å². The molecule has 0 bridgehead atoms. The number of benzene rings is 1. The summed E-state index contributed by atoms with van der Waals surface area (Å²) in [6.45, 7) is 4.20. The molecule has 5 atom stereocenters. The first kappa shape index (κ1) is 28.8. The van der Waals surface area contributed by atoms with E-state index >= 15 is 0 Å². The third-order valence-electron chi connectivity index (χ3n) is 5.69. The predicted molar refractivity (Wildman–Crippen MR) is 132 cm³/mol. The molecule has 0 saturated heterocycles. The van der Waals surface area contributed by atoms with Gasteiger partial charge in [0.15, 0.2) is 0 Å². The lowest BCUT2D eigenvalue weighted by atomic mass is 10.00. The van der Waals surface area contributed by atoms with E-state index in [-0.39, 0.29) is 18.8 Å². The number of fused-ring (bicyclic) bond motifs is 1. The van der Waals surface area contributed by atoms with Gasteiger partial charge in [0.2, 0.25) is 17.7 Å². The van der Waals surface area contributed by atoms with Crippen LogP contribution in [0.4, 0.5) is 0 Å². The van der Waals surface area contributed by atoms with Crippen molar-refractivity contribution in [3.63, 3.8) is 0 Å². The molecule has 0 aliphatic heterocycles. The van der Waals surface area contributed by atoms with Crippen molar-refractivity contribution in [1.82, 2.24) is 20.9 Å². The number of para-hydroxylation sites is 1. The van der Waals surface area contributed by atoms with Gasteiger partial charge < -0.3 is 42.0 Å². The van der Waals surface area contributed by atoms with Crippen molar-refractivity contribution in [1.29, 1.82) is 0 Å². The Bertz CT molecular complexity index is 1070. The number of hydrogen-bond donors (Lipinski definition) is 8. The number of H-pyrrole nitrogens is 1. The van der Waals surface area contributed by atoms with Crippen molar-refractivity contribution in [2.45, 2.75) is 63.9 Å². The molecule has 9 N–H and O–H groups in total. The van der Waals surface area contributed by atoms with E-state index in [0.717, 1.165) is 10.9 Å². The molecule has 0 fully saturated rings. The third kappa shape index (κ3) is 7.77. The van der Waals surface area contributed by atoms with Crippen LogP contribution in [0.25, 0.3) is 10.9 Å². The Labute approximate surface area is 208 Å². The second-order valence-electron chi connectivity index (χ2n) is 9.16. The summed E-state index contributed by atoms with van der Waals surface area (Å²) in [6, 6.07) is 2.25. The number of carbonyl (C=O) groups excluding carboxylic acids is 3. The van der Waals surface area contributed by atoms with Gasteiger partial charge in [-0.15, -0.1) is 0 Å². The Balaban J connectivity index is 2.31. The summed E-state index contributed by atoms with van der Waals surface area (Å²) in [5, 5.41) is 36.3. The number of carboxylic acids is 1. The average molecular weight is 506 g/mol. The van der Waals surface area contributed by atoms with Gasteiger partial charge in [-0.3, -0.25) is 14.4 Å². The molecule has 12 heteroatoms. The van der Waals surface area contributed by atoms with Crippen LogP contribution in [0.15, 0.2) is 30.5 Å². The molecule has 2 aromatic rings. The lowest BCUT2D eigenvalue weighted by Crippen LogP contribution is -2.59. The normalized spacial score (nSPS) is 15.5.